The lowest BCUT2D eigenvalue weighted by molar-refractivity contribution is -0.122. The first-order chi connectivity index (χ1) is 9.45. The van der Waals surface area contributed by atoms with Crippen molar-refractivity contribution in [1.82, 2.24) is 5.32 Å². The Morgan fingerprint density at radius 1 is 1.40 bits per heavy atom. The molecule has 0 radical (unpaired) electrons. The molecule has 0 saturated carbocycles. The van der Waals surface area contributed by atoms with E-state index in [0.29, 0.717) is 10.2 Å². The highest BCUT2D eigenvalue weighted by molar-refractivity contribution is 8.24. The summed E-state index contributed by atoms with van der Waals surface area (Å²) in [5.41, 5.74) is 1.96. The minimum atomic E-state index is -0.419. The van der Waals surface area contributed by atoms with Crippen LogP contribution in [0.2, 0.25) is 0 Å². The highest BCUT2D eigenvalue weighted by atomic mass is 32.2. The third-order valence-corrected chi connectivity index (χ3v) is 4.37. The van der Waals surface area contributed by atoms with Gasteiger partial charge in [0, 0.05) is 12.1 Å². The largest absolute Gasteiger partial charge is 0.326 e. The van der Waals surface area contributed by atoms with Crippen LogP contribution in [0.15, 0.2) is 24.3 Å². The number of rotatable bonds is 4. The summed E-state index contributed by atoms with van der Waals surface area (Å²) >= 11 is 6.12. The lowest BCUT2D eigenvalue weighted by Gasteiger charge is -2.09. The van der Waals surface area contributed by atoms with Crippen molar-refractivity contribution in [3.05, 3.63) is 29.8 Å². The molecule has 0 spiro atoms. The zero-order valence-electron chi connectivity index (χ0n) is 11.3. The molecule has 20 heavy (non-hydrogen) atoms. The van der Waals surface area contributed by atoms with Gasteiger partial charge in [-0.1, -0.05) is 50.0 Å². The van der Waals surface area contributed by atoms with Crippen LogP contribution in [-0.4, -0.2) is 21.4 Å². The molecular formula is C14H16N2O2S2. The van der Waals surface area contributed by atoms with Crippen molar-refractivity contribution in [3.63, 3.8) is 0 Å². The Labute approximate surface area is 127 Å². The lowest BCUT2D eigenvalue weighted by atomic mass is 10.0. The fraction of sp³-hybridized carbons (Fsp3) is 0.357. The Bertz CT molecular complexity index is 541. The minimum absolute atomic E-state index is 0.128. The van der Waals surface area contributed by atoms with E-state index in [-0.39, 0.29) is 18.2 Å². The summed E-state index contributed by atoms with van der Waals surface area (Å²) in [6.45, 7) is 4.23. The van der Waals surface area contributed by atoms with Gasteiger partial charge in [-0.2, -0.15) is 0 Å². The van der Waals surface area contributed by atoms with Gasteiger partial charge in [0.1, 0.15) is 4.32 Å². The molecule has 1 fully saturated rings. The van der Waals surface area contributed by atoms with Crippen molar-refractivity contribution in [2.24, 2.45) is 0 Å². The van der Waals surface area contributed by atoms with E-state index in [1.807, 2.05) is 24.3 Å². The third-order valence-electron chi connectivity index (χ3n) is 3.00. The maximum atomic E-state index is 11.9. The van der Waals surface area contributed by atoms with E-state index >= 15 is 0 Å². The molecule has 0 aromatic heterocycles. The first kappa shape index (κ1) is 15.0. The predicted octanol–water partition coefficient (Wildman–Crippen LogP) is 2.66. The van der Waals surface area contributed by atoms with Crippen LogP contribution in [0.5, 0.6) is 0 Å². The molecule has 0 aliphatic carbocycles. The van der Waals surface area contributed by atoms with Crippen LogP contribution in [0.4, 0.5) is 5.69 Å². The maximum Gasteiger partial charge on any atom is 0.239 e. The summed E-state index contributed by atoms with van der Waals surface area (Å²) in [7, 11) is 0. The zero-order chi connectivity index (χ0) is 14.7. The number of nitrogens with one attached hydrogen (secondary N) is 2. The summed E-state index contributed by atoms with van der Waals surface area (Å²) < 4.78 is 0.439. The van der Waals surface area contributed by atoms with Crippen molar-refractivity contribution in [2.75, 3.05) is 5.32 Å². The molecule has 0 bridgehead atoms. The van der Waals surface area contributed by atoms with E-state index in [0.717, 1.165) is 5.69 Å². The first-order valence-corrected chi connectivity index (χ1v) is 7.66. The summed E-state index contributed by atoms with van der Waals surface area (Å²) in [5, 5.41) is 4.91. The average Bonchev–Trinajstić information content (AvgIpc) is 2.68. The van der Waals surface area contributed by atoms with Gasteiger partial charge in [0.25, 0.3) is 0 Å². The predicted molar refractivity (Wildman–Crippen MR) is 85.9 cm³/mol. The molecule has 1 aliphatic rings. The molecule has 1 saturated heterocycles. The van der Waals surface area contributed by atoms with Crippen LogP contribution < -0.4 is 10.6 Å². The summed E-state index contributed by atoms with van der Waals surface area (Å²) in [6.07, 6.45) is 0.128. The average molecular weight is 308 g/mol. The summed E-state index contributed by atoms with van der Waals surface area (Å²) in [4.78, 5) is 23.4. The maximum absolute atomic E-state index is 11.9. The van der Waals surface area contributed by atoms with Crippen LogP contribution in [0, 0.1) is 0 Å². The SMILES string of the molecule is CC(C)c1ccc(NC(=O)C[C@@H]2SC(=S)NC2=O)cc1. The van der Waals surface area contributed by atoms with Crippen molar-refractivity contribution >= 4 is 45.8 Å². The van der Waals surface area contributed by atoms with Gasteiger partial charge in [-0.05, 0) is 23.6 Å². The van der Waals surface area contributed by atoms with Crippen LogP contribution in [0.3, 0.4) is 0 Å². The van der Waals surface area contributed by atoms with Crippen LogP contribution in [0.1, 0.15) is 31.7 Å². The number of amides is 2. The second-order valence-electron chi connectivity index (χ2n) is 4.91. The number of carbonyl (C=O) groups is 2. The molecule has 2 amide bonds. The van der Waals surface area contributed by atoms with Crippen molar-refractivity contribution < 1.29 is 9.59 Å². The van der Waals surface area contributed by atoms with Crippen LogP contribution >= 0.6 is 24.0 Å². The van der Waals surface area contributed by atoms with E-state index in [4.69, 9.17) is 12.2 Å². The van der Waals surface area contributed by atoms with Gasteiger partial charge < -0.3 is 10.6 Å². The normalized spacial score (nSPS) is 18.2. The van der Waals surface area contributed by atoms with Gasteiger partial charge in [-0.15, -0.1) is 0 Å². The molecule has 0 unspecified atom stereocenters. The second kappa shape index (κ2) is 6.37. The summed E-state index contributed by atoms with van der Waals surface area (Å²) in [6, 6.07) is 7.73. The van der Waals surface area contributed by atoms with Gasteiger partial charge in [-0.3, -0.25) is 9.59 Å². The van der Waals surface area contributed by atoms with Crippen molar-refractivity contribution in [3.8, 4) is 0 Å². The standard InChI is InChI=1S/C14H16N2O2S2/c1-8(2)9-3-5-10(6-4-9)15-12(17)7-11-13(18)16-14(19)20-11/h3-6,8,11H,7H2,1-2H3,(H,15,17)(H,16,18,19)/t11-/m0/s1. The fourth-order valence-electron chi connectivity index (χ4n) is 1.86. The first-order valence-electron chi connectivity index (χ1n) is 6.37. The molecule has 2 rings (SSSR count). The Balaban J connectivity index is 1.91. The van der Waals surface area contributed by atoms with Gasteiger partial charge in [-0.25, -0.2) is 0 Å². The third kappa shape index (κ3) is 3.80. The highest BCUT2D eigenvalue weighted by Gasteiger charge is 2.30. The molecule has 1 heterocycles. The highest BCUT2D eigenvalue weighted by Crippen LogP contribution is 2.23. The van der Waals surface area contributed by atoms with E-state index in [2.05, 4.69) is 24.5 Å². The quantitative estimate of drug-likeness (QED) is 0.840. The summed E-state index contributed by atoms with van der Waals surface area (Å²) in [5.74, 6) is 0.0873. The van der Waals surface area contributed by atoms with Crippen LogP contribution in [-0.2, 0) is 9.59 Å². The van der Waals surface area contributed by atoms with Gasteiger partial charge in [0.15, 0.2) is 0 Å². The zero-order valence-corrected chi connectivity index (χ0v) is 12.9. The molecule has 1 aromatic rings. The topological polar surface area (TPSA) is 58.2 Å². The Morgan fingerprint density at radius 3 is 2.55 bits per heavy atom. The Kier molecular flexibility index (Phi) is 4.77. The number of hydrogen-bond donors (Lipinski definition) is 2. The van der Waals surface area contributed by atoms with E-state index in [9.17, 15) is 9.59 Å². The molecule has 1 aromatic carbocycles. The Morgan fingerprint density at radius 2 is 2.05 bits per heavy atom. The van der Waals surface area contributed by atoms with E-state index in [1.54, 1.807) is 0 Å². The van der Waals surface area contributed by atoms with Gasteiger partial charge in [0.2, 0.25) is 11.8 Å². The number of thioether (sulfide) groups is 1. The smallest absolute Gasteiger partial charge is 0.239 e. The van der Waals surface area contributed by atoms with E-state index in [1.165, 1.54) is 17.3 Å². The minimum Gasteiger partial charge on any atom is -0.326 e. The number of carbonyl (C=O) groups excluding carboxylic acids is 2. The molecule has 1 aliphatic heterocycles. The number of thiocarbonyl (C=S) groups is 1. The number of benzene rings is 1. The Hall–Kier alpha value is -1.40. The molecule has 2 N–H and O–H groups in total. The fourth-order valence-corrected chi connectivity index (χ4v) is 3.13. The van der Waals surface area contributed by atoms with Gasteiger partial charge in [0.05, 0.1) is 5.25 Å². The molecule has 106 valence electrons. The van der Waals surface area contributed by atoms with Crippen molar-refractivity contribution in [1.29, 1.82) is 0 Å². The number of hydrogen-bond acceptors (Lipinski definition) is 4. The van der Waals surface area contributed by atoms with Crippen LogP contribution in [0.25, 0.3) is 0 Å². The van der Waals surface area contributed by atoms with Gasteiger partial charge >= 0.3 is 0 Å². The molecule has 4 nitrogen and oxygen atoms in total. The van der Waals surface area contributed by atoms with E-state index < -0.39 is 5.25 Å². The molecule has 6 heteroatoms. The molecular weight excluding hydrogens is 292 g/mol. The van der Waals surface area contributed by atoms with Crippen molar-refractivity contribution in [2.45, 2.75) is 31.4 Å². The second-order valence-corrected chi connectivity index (χ2v) is 6.79. The molecule has 1 atom stereocenters. The monoisotopic (exact) mass is 308 g/mol. The lowest BCUT2D eigenvalue weighted by Crippen LogP contribution is -2.27. The number of anilines is 1.